The molecule has 0 aromatic carbocycles. The van der Waals surface area contributed by atoms with Gasteiger partial charge in [0.15, 0.2) is 0 Å². The maximum Gasteiger partial charge on any atom is 0.216 e. The molecule has 0 saturated carbocycles. The molecule has 3 unspecified atom stereocenters. The molecule has 0 bridgehead atoms. The Labute approximate surface area is 116 Å². The van der Waals surface area contributed by atoms with Gasteiger partial charge in [-0.15, -0.1) is 0 Å². The van der Waals surface area contributed by atoms with Gasteiger partial charge in [0, 0.05) is 25.7 Å². The molecule has 5 nitrogen and oxygen atoms in total. The van der Waals surface area contributed by atoms with Gasteiger partial charge in [0.05, 0.1) is 11.9 Å². The highest BCUT2D eigenvalue weighted by atomic mass is 32.2. The van der Waals surface area contributed by atoms with Gasteiger partial charge in [0.25, 0.3) is 0 Å². The molecule has 2 rings (SSSR count). The molecular weight excluding hydrogens is 264 g/mol. The molecule has 0 aromatic heterocycles. The largest absolute Gasteiger partial charge is 0.377 e. The lowest BCUT2D eigenvalue weighted by Gasteiger charge is -2.38. The standard InChI is InChI=1S/C13H26N2O3S/c1-2-11-5-6-15(12(8-11)9-14)19(16,17)10-13-4-3-7-18-13/h11-13H,2-10,14H2,1H3. The number of ether oxygens (including phenoxy) is 1. The molecule has 0 amide bonds. The minimum atomic E-state index is -3.23. The van der Waals surface area contributed by atoms with E-state index in [1.54, 1.807) is 4.31 Å². The third kappa shape index (κ3) is 3.68. The van der Waals surface area contributed by atoms with E-state index in [2.05, 4.69) is 6.92 Å². The fourth-order valence-electron chi connectivity index (χ4n) is 3.17. The second kappa shape index (κ2) is 6.52. The van der Waals surface area contributed by atoms with E-state index in [-0.39, 0.29) is 17.9 Å². The summed E-state index contributed by atoms with van der Waals surface area (Å²) in [5, 5.41) is 0. The molecule has 2 aliphatic heterocycles. The molecule has 0 aromatic rings. The summed E-state index contributed by atoms with van der Waals surface area (Å²) in [5.41, 5.74) is 5.78. The summed E-state index contributed by atoms with van der Waals surface area (Å²) in [5.74, 6) is 0.739. The maximum absolute atomic E-state index is 12.5. The van der Waals surface area contributed by atoms with Gasteiger partial charge in [0.2, 0.25) is 10.0 Å². The van der Waals surface area contributed by atoms with E-state index in [1.165, 1.54) is 0 Å². The van der Waals surface area contributed by atoms with E-state index < -0.39 is 10.0 Å². The Balaban J connectivity index is 2.01. The van der Waals surface area contributed by atoms with Gasteiger partial charge >= 0.3 is 0 Å². The predicted molar refractivity (Wildman–Crippen MR) is 75.3 cm³/mol. The summed E-state index contributed by atoms with van der Waals surface area (Å²) in [7, 11) is -3.23. The van der Waals surface area contributed by atoms with Crippen LogP contribution in [-0.4, -0.2) is 50.3 Å². The quantitative estimate of drug-likeness (QED) is 0.818. The first-order chi connectivity index (χ1) is 9.06. The van der Waals surface area contributed by atoms with Crippen molar-refractivity contribution in [2.45, 2.75) is 51.2 Å². The Morgan fingerprint density at radius 2 is 2.16 bits per heavy atom. The average Bonchev–Trinajstić information content (AvgIpc) is 2.89. The smallest absolute Gasteiger partial charge is 0.216 e. The van der Waals surface area contributed by atoms with Crippen LogP contribution in [0.4, 0.5) is 0 Å². The number of sulfonamides is 1. The number of rotatable bonds is 5. The van der Waals surface area contributed by atoms with Crippen LogP contribution >= 0.6 is 0 Å². The summed E-state index contributed by atoms with van der Waals surface area (Å²) < 4.78 is 32.1. The van der Waals surface area contributed by atoms with Crippen molar-refractivity contribution < 1.29 is 13.2 Å². The highest BCUT2D eigenvalue weighted by Gasteiger charge is 2.36. The Bertz CT molecular complexity index is 379. The Hall–Kier alpha value is -0.170. The second-order valence-corrected chi connectivity index (χ2v) is 7.68. The van der Waals surface area contributed by atoms with Crippen molar-refractivity contribution in [2.24, 2.45) is 11.7 Å². The summed E-state index contributed by atoms with van der Waals surface area (Å²) in [6.07, 6.45) is 4.68. The maximum atomic E-state index is 12.5. The number of hydrogen-bond acceptors (Lipinski definition) is 4. The zero-order valence-corrected chi connectivity index (χ0v) is 12.6. The van der Waals surface area contributed by atoms with Crippen molar-refractivity contribution in [2.75, 3.05) is 25.4 Å². The van der Waals surface area contributed by atoms with Crippen molar-refractivity contribution in [3.63, 3.8) is 0 Å². The summed E-state index contributed by atoms with van der Waals surface area (Å²) in [6, 6.07) is -0.0231. The molecule has 2 saturated heterocycles. The van der Waals surface area contributed by atoms with Crippen molar-refractivity contribution in [3.05, 3.63) is 0 Å². The fraction of sp³-hybridized carbons (Fsp3) is 1.00. The SMILES string of the molecule is CCC1CCN(S(=O)(=O)CC2CCCO2)C(CN)C1. The fourth-order valence-corrected chi connectivity index (χ4v) is 5.10. The van der Waals surface area contributed by atoms with Crippen LogP contribution < -0.4 is 5.73 Å². The lowest BCUT2D eigenvalue weighted by atomic mass is 9.90. The molecule has 112 valence electrons. The summed E-state index contributed by atoms with van der Waals surface area (Å²) >= 11 is 0. The monoisotopic (exact) mass is 290 g/mol. The third-order valence-electron chi connectivity index (χ3n) is 4.40. The molecule has 2 fully saturated rings. The van der Waals surface area contributed by atoms with Crippen LogP contribution in [0.5, 0.6) is 0 Å². The van der Waals surface area contributed by atoms with E-state index in [4.69, 9.17) is 10.5 Å². The molecule has 6 heteroatoms. The van der Waals surface area contributed by atoms with Crippen LogP contribution in [0, 0.1) is 5.92 Å². The first-order valence-corrected chi connectivity index (χ1v) is 8.99. The highest BCUT2D eigenvalue weighted by Crippen LogP contribution is 2.28. The Morgan fingerprint density at radius 3 is 2.74 bits per heavy atom. The van der Waals surface area contributed by atoms with Gasteiger partial charge in [0.1, 0.15) is 0 Å². The molecular formula is C13H26N2O3S. The van der Waals surface area contributed by atoms with E-state index in [0.717, 1.165) is 32.1 Å². The minimum absolute atomic E-state index is 0.0231. The molecule has 2 aliphatic rings. The second-order valence-electron chi connectivity index (χ2n) is 5.71. The molecule has 2 heterocycles. The highest BCUT2D eigenvalue weighted by molar-refractivity contribution is 7.89. The van der Waals surface area contributed by atoms with E-state index in [0.29, 0.717) is 25.6 Å². The van der Waals surface area contributed by atoms with Crippen molar-refractivity contribution in [3.8, 4) is 0 Å². The number of nitrogens with zero attached hydrogens (tertiary/aromatic N) is 1. The summed E-state index contributed by atoms with van der Waals surface area (Å²) in [6.45, 7) is 3.89. The molecule has 0 spiro atoms. The van der Waals surface area contributed by atoms with Crippen LogP contribution in [-0.2, 0) is 14.8 Å². The van der Waals surface area contributed by atoms with E-state index in [1.807, 2.05) is 0 Å². The molecule has 19 heavy (non-hydrogen) atoms. The topological polar surface area (TPSA) is 72.6 Å². The first kappa shape index (κ1) is 15.2. The van der Waals surface area contributed by atoms with Gasteiger partial charge in [-0.1, -0.05) is 13.3 Å². The van der Waals surface area contributed by atoms with Gasteiger partial charge < -0.3 is 10.5 Å². The molecule has 0 aliphatic carbocycles. The first-order valence-electron chi connectivity index (χ1n) is 7.38. The molecule has 2 N–H and O–H groups in total. The van der Waals surface area contributed by atoms with E-state index in [9.17, 15) is 8.42 Å². The predicted octanol–water partition coefficient (Wildman–Crippen LogP) is 0.945. The number of piperidine rings is 1. The van der Waals surface area contributed by atoms with Crippen LogP contribution in [0.2, 0.25) is 0 Å². The van der Waals surface area contributed by atoms with Gasteiger partial charge in [-0.3, -0.25) is 0 Å². The Kier molecular flexibility index (Phi) is 5.22. The Morgan fingerprint density at radius 1 is 1.37 bits per heavy atom. The zero-order valence-electron chi connectivity index (χ0n) is 11.8. The summed E-state index contributed by atoms with van der Waals surface area (Å²) in [4.78, 5) is 0. The average molecular weight is 290 g/mol. The number of hydrogen-bond donors (Lipinski definition) is 1. The van der Waals surface area contributed by atoms with Crippen molar-refractivity contribution in [1.29, 1.82) is 0 Å². The minimum Gasteiger partial charge on any atom is -0.377 e. The van der Waals surface area contributed by atoms with Crippen LogP contribution in [0.1, 0.15) is 39.0 Å². The molecule has 3 atom stereocenters. The van der Waals surface area contributed by atoms with Gasteiger partial charge in [-0.2, -0.15) is 4.31 Å². The normalized spacial score (nSPS) is 33.7. The van der Waals surface area contributed by atoms with Crippen molar-refractivity contribution in [1.82, 2.24) is 4.31 Å². The van der Waals surface area contributed by atoms with Crippen LogP contribution in [0.3, 0.4) is 0 Å². The van der Waals surface area contributed by atoms with Crippen molar-refractivity contribution >= 4 is 10.0 Å². The van der Waals surface area contributed by atoms with Crippen LogP contribution in [0.25, 0.3) is 0 Å². The van der Waals surface area contributed by atoms with Gasteiger partial charge in [-0.05, 0) is 31.6 Å². The van der Waals surface area contributed by atoms with Gasteiger partial charge in [-0.25, -0.2) is 8.42 Å². The lowest BCUT2D eigenvalue weighted by molar-refractivity contribution is 0.124. The lowest BCUT2D eigenvalue weighted by Crippen LogP contribution is -2.51. The number of nitrogens with two attached hydrogens (primary N) is 1. The third-order valence-corrected chi connectivity index (χ3v) is 6.39. The zero-order chi connectivity index (χ0) is 13.9. The van der Waals surface area contributed by atoms with E-state index >= 15 is 0 Å². The molecule has 0 radical (unpaired) electrons. The van der Waals surface area contributed by atoms with Crippen LogP contribution in [0.15, 0.2) is 0 Å².